The molecule has 0 fully saturated rings. The Kier molecular flexibility index (Phi) is 3.74. The number of para-hydroxylation sites is 1. The topological polar surface area (TPSA) is 77.1 Å². The molecule has 0 bridgehead atoms. The molecule has 0 atom stereocenters. The third kappa shape index (κ3) is 2.88. The van der Waals surface area contributed by atoms with Gasteiger partial charge >= 0.3 is 5.63 Å². The first-order chi connectivity index (χ1) is 12.1. The summed E-state index contributed by atoms with van der Waals surface area (Å²) in [4.78, 5) is 24.4. The Labute approximate surface area is 146 Å². The lowest BCUT2D eigenvalue weighted by Crippen LogP contribution is -2.19. The van der Waals surface area contributed by atoms with Gasteiger partial charge < -0.3 is 9.73 Å². The third-order valence-corrected chi connectivity index (χ3v) is 4.08. The van der Waals surface area contributed by atoms with Gasteiger partial charge in [-0.05, 0) is 36.4 Å². The van der Waals surface area contributed by atoms with Gasteiger partial charge in [-0.25, -0.2) is 4.79 Å². The minimum atomic E-state index is -0.474. The van der Waals surface area contributed by atoms with Gasteiger partial charge in [0.2, 0.25) is 5.91 Å². The van der Waals surface area contributed by atoms with E-state index < -0.39 is 5.63 Å². The number of benzene rings is 2. The fourth-order valence-electron chi connectivity index (χ4n) is 2.71. The molecule has 1 amide bonds. The molecule has 1 N–H and O–H groups in total. The van der Waals surface area contributed by atoms with Crippen LogP contribution in [0.5, 0.6) is 0 Å². The largest absolute Gasteiger partial charge is 0.422 e. The van der Waals surface area contributed by atoms with E-state index >= 15 is 0 Å². The Morgan fingerprint density at radius 2 is 1.88 bits per heavy atom. The predicted octanol–water partition coefficient (Wildman–Crippen LogP) is 3.43. The maximum absolute atomic E-state index is 12.3. The van der Waals surface area contributed by atoms with Gasteiger partial charge in [0.05, 0.1) is 11.7 Å². The van der Waals surface area contributed by atoms with Crippen molar-refractivity contribution < 1.29 is 9.21 Å². The zero-order chi connectivity index (χ0) is 17.4. The summed E-state index contributed by atoms with van der Waals surface area (Å²) in [7, 11) is 0. The molecule has 0 aliphatic carbocycles. The molecule has 4 aromatic rings. The maximum atomic E-state index is 12.3. The van der Waals surface area contributed by atoms with E-state index in [1.807, 2.05) is 12.1 Å². The van der Waals surface area contributed by atoms with Crippen molar-refractivity contribution >= 4 is 45.1 Å². The van der Waals surface area contributed by atoms with Crippen LogP contribution in [-0.4, -0.2) is 15.7 Å². The van der Waals surface area contributed by atoms with Crippen LogP contribution in [0.3, 0.4) is 0 Å². The van der Waals surface area contributed by atoms with Gasteiger partial charge in [-0.15, -0.1) is 0 Å². The van der Waals surface area contributed by atoms with Crippen molar-refractivity contribution in [1.82, 2.24) is 9.78 Å². The first-order valence-corrected chi connectivity index (χ1v) is 7.92. The Hall–Kier alpha value is -3.12. The molecular formula is C18H12ClN3O3. The van der Waals surface area contributed by atoms with Crippen molar-refractivity contribution in [3.8, 4) is 0 Å². The van der Waals surface area contributed by atoms with Crippen molar-refractivity contribution in [2.45, 2.75) is 6.54 Å². The molecule has 2 heterocycles. The first-order valence-electron chi connectivity index (χ1n) is 7.54. The zero-order valence-corrected chi connectivity index (χ0v) is 13.7. The summed E-state index contributed by atoms with van der Waals surface area (Å²) in [5.74, 6) is -0.260. The number of rotatable bonds is 3. The van der Waals surface area contributed by atoms with Crippen LogP contribution in [0.2, 0.25) is 5.02 Å². The summed E-state index contributed by atoms with van der Waals surface area (Å²) in [6.45, 7) is -0.0282. The van der Waals surface area contributed by atoms with Crippen LogP contribution in [0.4, 0.5) is 5.69 Å². The van der Waals surface area contributed by atoms with Gasteiger partial charge in [-0.2, -0.15) is 5.10 Å². The summed E-state index contributed by atoms with van der Waals surface area (Å²) in [5, 5.41) is 8.62. The quantitative estimate of drug-likeness (QED) is 0.572. The number of hydrogen-bond acceptors (Lipinski definition) is 4. The summed E-state index contributed by atoms with van der Waals surface area (Å²) in [6, 6.07) is 14.0. The van der Waals surface area contributed by atoms with Crippen LogP contribution >= 0.6 is 11.6 Å². The van der Waals surface area contributed by atoms with E-state index in [1.165, 1.54) is 10.9 Å². The van der Waals surface area contributed by atoms with Crippen LogP contribution < -0.4 is 10.9 Å². The van der Waals surface area contributed by atoms with E-state index in [4.69, 9.17) is 16.0 Å². The second-order valence-electron chi connectivity index (χ2n) is 5.51. The zero-order valence-electron chi connectivity index (χ0n) is 12.9. The number of carbonyl (C=O) groups is 1. The maximum Gasteiger partial charge on any atom is 0.347 e. The Morgan fingerprint density at radius 3 is 2.68 bits per heavy atom. The first kappa shape index (κ1) is 15.4. The molecule has 2 aromatic heterocycles. The molecule has 4 rings (SSSR count). The molecule has 0 spiro atoms. The molecular weight excluding hydrogens is 342 g/mol. The molecule has 2 aromatic carbocycles. The fourth-order valence-corrected chi connectivity index (χ4v) is 2.84. The highest BCUT2D eigenvalue weighted by Gasteiger charge is 2.14. The van der Waals surface area contributed by atoms with Crippen molar-refractivity contribution in [2.24, 2.45) is 0 Å². The minimum Gasteiger partial charge on any atom is -0.422 e. The van der Waals surface area contributed by atoms with Crippen molar-refractivity contribution in [2.75, 3.05) is 5.32 Å². The summed E-state index contributed by atoms with van der Waals surface area (Å²) >= 11 is 5.83. The van der Waals surface area contributed by atoms with Crippen molar-refractivity contribution in [1.29, 1.82) is 0 Å². The van der Waals surface area contributed by atoms with E-state index in [1.54, 1.807) is 36.4 Å². The SMILES string of the molecule is O=C(Cn1ncc2c(=O)oc3ccccc3c21)Nc1ccc(Cl)cc1. The average molecular weight is 354 g/mol. The number of halogens is 1. The van der Waals surface area contributed by atoms with Crippen LogP contribution in [-0.2, 0) is 11.3 Å². The lowest BCUT2D eigenvalue weighted by atomic mass is 10.2. The highest BCUT2D eigenvalue weighted by molar-refractivity contribution is 6.30. The number of aromatic nitrogens is 2. The van der Waals surface area contributed by atoms with E-state index in [0.717, 1.165) is 5.39 Å². The Balaban J connectivity index is 1.71. The standard InChI is InChI=1S/C18H12ClN3O3/c19-11-5-7-12(8-6-11)21-16(23)10-22-17-13-3-1-2-4-15(13)25-18(24)14(17)9-20-22/h1-9H,10H2,(H,21,23). The van der Waals surface area contributed by atoms with E-state index in [0.29, 0.717) is 27.2 Å². The molecule has 6 nitrogen and oxygen atoms in total. The molecule has 0 unspecified atom stereocenters. The van der Waals surface area contributed by atoms with Gasteiger partial charge in [0.25, 0.3) is 0 Å². The molecule has 124 valence electrons. The second kappa shape index (κ2) is 6.07. The van der Waals surface area contributed by atoms with E-state index in [9.17, 15) is 9.59 Å². The third-order valence-electron chi connectivity index (χ3n) is 3.83. The molecule has 0 saturated heterocycles. The number of nitrogens with one attached hydrogen (secondary N) is 1. The van der Waals surface area contributed by atoms with E-state index in [2.05, 4.69) is 10.4 Å². The number of nitrogens with zero attached hydrogens (tertiary/aromatic N) is 2. The highest BCUT2D eigenvalue weighted by atomic mass is 35.5. The van der Waals surface area contributed by atoms with Crippen molar-refractivity contribution in [3.63, 3.8) is 0 Å². The van der Waals surface area contributed by atoms with Crippen LogP contribution in [0.1, 0.15) is 0 Å². The lowest BCUT2D eigenvalue weighted by molar-refractivity contribution is -0.116. The summed E-state index contributed by atoms with van der Waals surface area (Å²) in [6.07, 6.45) is 1.42. The molecule has 25 heavy (non-hydrogen) atoms. The summed E-state index contributed by atoms with van der Waals surface area (Å²) < 4.78 is 6.78. The van der Waals surface area contributed by atoms with Crippen LogP contribution in [0.25, 0.3) is 21.9 Å². The number of fused-ring (bicyclic) bond motifs is 3. The summed E-state index contributed by atoms with van der Waals surface area (Å²) in [5.41, 5.74) is 1.20. The smallest absolute Gasteiger partial charge is 0.347 e. The van der Waals surface area contributed by atoms with Gasteiger partial charge in [0.1, 0.15) is 17.5 Å². The highest BCUT2D eigenvalue weighted by Crippen LogP contribution is 2.22. The average Bonchev–Trinajstić information content (AvgIpc) is 3.02. The molecule has 0 saturated carbocycles. The monoisotopic (exact) mass is 353 g/mol. The number of carbonyl (C=O) groups excluding carboxylic acids is 1. The lowest BCUT2D eigenvalue weighted by Gasteiger charge is -2.07. The molecule has 0 aliphatic heterocycles. The van der Waals surface area contributed by atoms with Crippen molar-refractivity contribution in [3.05, 3.63) is 70.2 Å². The number of hydrogen-bond donors (Lipinski definition) is 1. The Morgan fingerprint density at radius 1 is 1.12 bits per heavy atom. The second-order valence-corrected chi connectivity index (χ2v) is 5.94. The van der Waals surface area contributed by atoms with Gasteiger partial charge in [-0.3, -0.25) is 9.48 Å². The molecule has 7 heteroatoms. The van der Waals surface area contributed by atoms with Gasteiger partial charge in [-0.1, -0.05) is 23.7 Å². The number of anilines is 1. The van der Waals surface area contributed by atoms with Gasteiger partial charge in [0, 0.05) is 16.1 Å². The minimum absolute atomic E-state index is 0.0282. The number of amides is 1. The molecule has 0 aliphatic rings. The van der Waals surface area contributed by atoms with E-state index in [-0.39, 0.29) is 12.5 Å². The molecule has 0 radical (unpaired) electrons. The van der Waals surface area contributed by atoms with Crippen LogP contribution in [0, 0.1) is 0 Å². The fraction of sp³-hybridized carbons (Fsp3) is 0.0556. The normalized spacial score (nSPS) is 11.1. The van der Waals surface area contributed by atoms with Gasteiger partial charge in [0.15, 0.2) is 0 Å². The van der Waals surface area contributed by atoms with Crippen LogP contribution in [0.15, 0.2) is 63.9 Å². The Bertz CT molecular complexity index is 1150. The predicted molar refractivity (Wildman–Crippen MR) is 95.9 cm³/mol.